The lowest BCUT2D eigenvalue weighted by Gasteiger charge is -2.11. The predicted molar refractivity (Wildman–Crippen MR) is 71.3 cm³/mol. The number of hydrogen-bond acceptors (Lipinski definition) is 3. The summed E-state index contributed by atoms with van der Waals surface area (Å²) in [6, 6.07) is 8.85. The zero-order chi connectivity index (χ0) is 13.1. The van der Waals surface area contributed by atoms with Crippen molar-refractivity contribution < 1.29 is 14.6 Å². The molecule has 0 aliphatic carbocycles. The van der Waals surface area contributed by atoms with Crippen LogP contribution in [0.5, 0.6) is 11.5 Å². The van der Waals surface area contributed by atoms with E-state index in [0.717, 1.165) is 5.39 Å². The molecule has 2 rings (SSSR count). The van der Waals surface area contributed by atoms with Crippen LogP contribution < -0.4 is 4.74 Å². The summed E-state index contributed by atoms with van der Waals surface area (Å²) in [6.07, 6.45) is 1.63. The SMILES string of the molecule is C=CCOc1cc(C(C)=O)c(O)c2ccccc12. The number of Topliss-reactive ketones (excluding diaryl/α,β-unsaturated/α-hetero) is 1. The van der Waals surface area contributed by atoms with Crippen LogP contribution in [0, 0.1) is 0 Å². The van der Waals surface area contributed by atoms with Crippen LogP contribution in [0.3, 0.4) is 0 Å². The second kappa shape index (κ2) is 4.92. The molecule has 0 bridgehead atoms. The fourth-order valence-electron chi connectivity index (χ4n) is 1.86. The number of carbonyl (C=O) groups is 1. The molecule has 18 heavy (non-hydrogen) atoms. The normalized spacial score (nSPS) is 10.3. The summed E-state index contributed by atoms with van der Waals surface area (Å²) in [5.74, 6) is 0.388. The van der Waals surface area contributed by atoms with E-state index in [9.17, 15) is 9.90 Å². The number of rotatable bonds is 4. The highest BCUT2D eigenvalue weighted by Gasteiger charge is 2.14. The molecule has 0 unspecified atom stereocenters. The quantitative estimate of drug-likeness (QED) is 0.661. The molecule has 0 heterocycles. The molecule has 0 amide bonds. The lowest BCUT2D eigenvalue weighted by molar-refractivity contribution is 0.101. The van der Waals surface area contributed by atoms with E-state index in [0.29, 0.717) is 17.7 Å². The first-order valence-corrected chi connectivity index (χ1v) is 5.64. The van der Waals surface area contributed by atoms with E-state index in [2.05, 4.69) is 6.58 Å². The summed E-state index contributed by atoms with van der Waals surface area (Å²) in [6.45, 7) is 5.36. The summed E-state index contributed by atoms with van der Waals surface area (Å²) in [5, 5.41) is 11.5. The molecule has 3 heteroatoms. The molecule has 3 nitrogen and oxygen atoms in total. The van der Waals surface area contributed by atoms with Gasteiger partial charge < -0.3 is 9.84 Å². The van der Waals surface area contributed by atoms with Crippen molar-refractivity contribution in [2.24, 2.45) is 0 Å². The van der Waals surface area contributed by atoms with Gasteiger partial charge in [0.15, 0.2) is 5.78 Å². The molecule has 0 spiro atoms. The molecule has 0 aliphatic rings. The molecule has 1 N–H and O–H groups in total. The Bertz CT molecular complexity index is 614. The standard InChI is InChI=1S/C15H14O3/c1-3-8-18-14-9-13(10(2)16)15(17)12-7-5-4-6-11(12)14/h3-7,9,17H,1,8H2,2H3. The molecular weight excluding hydrogens is 228 g/mol. The largest absolute Gasteiger partial charge is 0.507 e. The van der Waals surface area contributed by atoms with Gasteiger partial charge in [-0.1, -0.05) is 36.9 Å². The first-order valence-electron chi connectivity index (χ1n) is 5.64. The Morgan fingerprint density at radius 2 is 2.06 bits per heavy atom. The Balaban J connectivity index is 2.71. The lowest BCUT2D eigenvalue weighted by atomic mass is 10.0. The van der Waals surface area contributed by atoms with Crippen molar-refractivity contribution in [2.75, 3.05) is 6.61 Å². The minimum absolute atomic E-state index is 0.00375. The van der Waals surface area contributed by atoms with Crippen molar-refractivity contribution >= 4 is 16.6 Å². The van der Waals surface area contributed by atoms with Gasteiger partial charge in [-0.3, -0.25) is 4.79 Å². The van der Waals surface area contributed by atoms with Gasteiger partial charge in [0, 0.05) is 10.8 Å². The van der Waals surface area contributed by atoms with Gasteiger partial charge in [0.2, 0.25) is 0 Å². The molecule has 2 aromatic rings. The molecule has 0 fully saturated rings. The summed E-state index contributed by atoms with van der Waals surface area (Å²) < 4.78 is 5.53. The molecule has 0 radical (unpaired) electrons. The molecule has 0 atom stereocenters. The number of carbonyl (C=O) groups excluding carboxylic acids is 1. The summed E-state index contributed by atoms with van der Waals surface area (Å²) in [5.41, 5.74) is 0.271. The Hall–Kier alpha value is -2.29. The topological polar surface area (TPSA) is 46.5 Å². The third-order valence-electron chi connectivity index (χ3n) is 2.71. The van der Waals surface area contributed by atoms with Crippen molar-refractivity contribution in [3.63, 3.8) is 0 Å². The monoisotopic (exact) mass is 242 g/mol. The van der Waals surface area contributed by atoms with E-state index in [1.54, 1.807) is 18.2 Å². The number of phenolic OH excluding ortho intramolecular Hbond substituents is 1. The summed E-state index contributed by atoms with van der Waals surface area (Å²) in [4.78, 5) is 11.5. The Labute approximate surface area is 105 Å². The van der Waals surface area contributed by atoms with E-state index in [1.165, 1.54) is 6.92 Å². The highest BCUT2D eigenvalue weighted by molar-refractivity contribution is 6.05. The predicted octanol–water partition coefficient (Wildman–Crippen LogP) is 3.31. The van der Waals surface area contributed by atoms with Crippen LogP contribution in [0.15, 0.2) is 43.0 Å². The maximum Gasteiger partial charge on any atom is 0.163 e. The van der Waals surface area contributed by atoms with Gasteiger partial charge in [-0.15, -0.1) is 0 Å². The maximum atomic E-state index is 11.5. The fourth-order valence-corrected chi connectivity index (χ4v) is 1.86. The van der Waals surface area contributed by atoms with Crippen LogP contribution in [0.1, 0.15) is 17.3 Å². The van der Waals surface area contributed by atoms with Crippen LogP contribution >= 0.6 is 0 Å². The van der Waals surface area contributed by atoms with Gasteiger partial charge in [0.25, 0.3) is 0 Å². The van der Waals surface area contributed by atoms with Crippen LogP contribution in [-0.4, -0.2) is 17.5 Å². The second-order valence-electron chi connectivity index (χ2n) is 3.97. The van der Waals surface area contributed by atoms with Gasteiger partial charge in [-0.2, -0.15) is 0 Å². The molecule has 0 aliphatic heterocycles. The van der Waals surface area contributed by atoms with Gasteiger partial charge in [0.05, 0.1) is 5.56 Å². The highest BCUT2D eigenvalue weighted by Crippen LogP contribution is 2.36. The van der Waals surface area contributed by atoms with Gasteiger partial charge in [0.1, 0.15) is 18.1 Å². The first kappa shape index (κ1) is 12.2. The zero-order valence-corrected chi connectivity index (χ0v) is 10.1. The van der Waals surface area contributed by atoms with Gasteiger partial charge >= 0.3 is 0 Å². The van der Waals surface area contributed by atoms with Gasteiger partial charge in [-0.05, 0) is 13.0 Å². The third-order valence-corrected chi connectivity index (χ3v) is 2.71. The Morgan fingerprint density at radius 3 is 2.67 bits per heavy atom. The lowest BCUT2D eigenvalue weighted by Crippen LogP contribution is -1.99. The van der Waals surface area contributed by atoms with E-state index in [4.69, 9.17) is 4.74 Å². The molecular formula is C15H14O3. The molecule has 0 saturated carbocycles. The van der Waals surface area contributed by atoms with Crippen LogP contribution in [0.25, 0.3) is 10.8 Å². The number of fused-ring (bicyclic) bond motifs is 1. The first-order chi connectivity index (χ1) is 8.65. The number of phenols is 1. The van der Waals surface area contributed by atoms with Crippen molar-refractivity contribution in [1.29, 1.82) is 0 Å². The van der Waals surface area contributed by atoms with E-state index in [1.807, 2.05) is 18.2 Å². The summed E-state index contributed by atoms with van der Waals surface area (Å²) in [7, 11) is 0. The van der Waals surface area contributed by atoms with Crippen LogP contribution in [-0.2, 0) is 0 Å². The van der Waals surface area contributed by atoms with Gasteiger partial charge in [-0.25, -0.2) is 0 Å². The fraction of sp³-hybridized carbons (Fsp3) is 0.133. The average Bonchev–Trinajstić information content (AvgIpc) is 2.38. The second-order valence-corrected chi connectivity index (χ2v) is 3.97. The van der Waals surface area contributed by atoms with Crippen LogP contribution in [0.2, 0.25) is 0 Å². The van der Waals surface area contributed by atoms with Crippen molar-refractivity contribution in [2.45, 2.75) is 6.92 Å². The van der Waals surface area contributed by atoms with E-state index >= 15 is 0 Å². The average molecular weight is 242 g/mol. The van der Waals surface area contributed by atoms with E-state index in [-0.39, 0.29) is 17.1 Å². The van der Waals surface area contributed by atoms with Crippen molar-refractivity contribution in [3.8, 4) is 11.5 Å². The minimum atomic E-state index is -0.193. The maximum absolute atomic E-state index is 11.5. The minimum Gasteiger partial charge on any atom is -0.507 e. The number of ether oxygens (including phenoxy) is 1. The number of aromatic hydroxyl groups is 1. The zero-order valence-electron chi connectivity index (χ0n) is 10.1. The Morgan fingerprint density at radius 1 is 1.39 bits per heavy atom. The highest BCUT2D eigenvalue weighted by atomic mass is 16.5. The van der Waals surface area contributed by atoms with Crippen molar-refractivity contribution in [3.05, 3.63) is 48.6 Å². The molecule has 0 aromatic heterocycles. The third kappa shape index (κ3) is 2.07. The molecule has 92 valence electrons. The number of benzene rings is 2. The summed E-state index contributed by atoms with van der Waals surface area (Å²) >= 11 is 0. The molecule has 2 aromatic carbocycles. The van der Waals surface area contributed by atoms with E-state index < -0.39 is 0 Å². The van der Waals surface area contributed by atoms with Crippen LogP contribution in [0.4, 0.5) is 0 Å². The number of hydrogen-bond donors (Lipinski definition) is 1. The smallest absolute Gasteiger partial charge is 0.163 e. The number of ketones is 1. The molecule has 0 saturated heterocycles. The van der Waals surface area contributed by atoms with Crippen molar-refractivity contribution in [1.82, 2.24) is 0 Å². The Kier molecular flexibility index (Phi) is 3.33.